The predicted octanol–water partition coefficient (Wildman–Crippen LogP) is 3.94. The first kappa shape index (κ1) is 17.1. The fourth-order valence-corrected chi connectivity index (χ4v) is 3.03. The third kappa shape index (κ3) is 4.22. The number of benzene rings is 1. The average Bonchev–Trinajstić information content (AvgIpc) is 3.11. The van der Waals surface area contributed by atoms with E-state index in [4.69, 9.17) is 9.26 Å². The molecule has 0 bridgehead atoms. The minimum Gasteiger partial charge on any atom is -0.373 e. The van der Waals surface area contributed by atoms with Crippen molar-refractivity contribution in [2.75, 3.05) is 13.1 Å². The largest absolute Gasteiger partial charge is 0.373 e. The molecule has 2 aromatic rings. The Labute approximate surface area is 144 Å². The summed E-state index contributed by atoms with van der Waals surface area (Å²) in [7, 11) is 0. The van der Waals surface area contributed by atoms with Crippen molar-refractivity contribution in [2.24, 2.45) is 0 Å². The molecular weight excluding hydrogens is 302 g/mol. The minimum atomic E-state index is 0.167. The van der Waals surface area contributed by atoms with Gasteiger partial charge in [0.05, 0.1) is 18.8 Å². The molecule has 1 aromatic heterocycles. The topological polar surface area (TPSA) is 51.4 Å². The summed E-state index contributed by atoms with van der Waals surface area (Å²) in [5.41, 5.74) is 1.24. The Morgan fingerprint density at radius 2 is 1.88 bits per heavy atom. The lowest BCUT2D eigenvalue weighted by Gasteiger charge is -2.34. The number of piperidine rings is 1. The molecule has 3 rings (SSSR count). The highest BCUT2D eigenvalue weighted by atomic mass is 16.5. The first-order chi connectivity index (χ1) is 11.6. The number of likely N-dealkylation sites (tertiary alicyclic amines) is 1. The molecule has 24 heavy (non-hydrogen) atoms. The van der Waals surface area contributed by atoms with Gasteiger partial charge in [0.1, 0.15) is 0 Å². The summed E-state index contributed by atoms with van der Waals surface area (Å²) >= 11 is 0. The Hall–Kier alpha value is -1.72. The van der Waals surface area contributed by atoms with Crippen molar-refractivity contribution in [1.82, 2.24) is 15.0 Å². The van der Waals surface area contributed by atoms with Crippen LogP contribution >= 0.6 is 0 Å². The first-order valence-corrected chi connectivity index (χ1v) is 8.86. The highest BCUT2D eigenvalue weighted by molar-refractivity contribution is 5.13. The van der Waals surface area contributed by atoms with Crippen molar-refractivity contribution >= 4 is 0 Å². The van der Waals surface area contributed by atoms with Crippen LogP contribution in [0.15, 0.2) is 34.9 Å². The maximum absolute atomic E-state index is 6.06. The van der Waals surface area contributed by atoms with Crippen molar-refractivity contribution in [3.05, 3.63) is 47.6 Å². The van der Waals surface area contributed by atoms with Gasteiger partial charge in [-0.15, -0.1) is 0 Å². The van der Waals surface area contributed by atoms with Crippen molar-refractivity contribution in [3.63, 3.8) is 0 Å². The quantitative estimate of drug-likeness (QED) is 0.803. The molecule has 0 radical (unpaired) electrons. The summed E-state index contributed by atoms with van der Waals surface area (Å²) in [6, 6.07) is 10.5. The van der Waals surface area contributed by atoms with E-state index in [-0.39, 0.29) is 6.04 Å². The second-order valence-electron chi connectivity index (χ2n) is 6.85. The van der Waals surface area contributed by atoms with Gasteiger partial charge in [-0.05, 0) is 25.3 Å². The molecule has 1 saturated heterocycles. The Kier molecular flexibility index (Phi) is 5.63. The number of rotatable bonds is 6. The molecule has 0 N–H and O–H groups in total. The zero-order valence-electron chi connectivity index (χ0n) is 14.8. The van der Waals surface area contributed by atoms with Gasteiger partial charge < -0.3 is 9.26 Å². The monoisotopic (exact) mass is 329 g/mol. The fourth-order valence-electron chi connectivity index (χ4n) is 3.03. The van der Waals surface area contributed by atoms with Gasteiger partial charge in [-0.25, -0.2) is 0 Å². The highest BCUT2D eigenvalue weighted by Gasteiger charge is 2.27. The zero-order chi connectivity index (χ0) is 16.9. The summed E-state index contributed by atoms with van der Waals surface area (Å²) in [5.74, 6) is 1.81. The van der Waals surface area contributed by atoms with Crippen molar-refractivity contribution in [3.8, 4) is 0 Å². The van der Waals surface area contributed by atoms with Crippen molar-refractivity contribution in [2.45, 2.75) is 58.3 Å². The van der Waals surface area contributed by atoms with Crippen molar-refractivity contribution < 1.29 is 9.26 Å². The fraction of sp³-hybridized carbons (Fsp3) is 0.579. The molecule has 1 aliphatic rings. The van der Waals surface area contributed by atoms with Gasteiger partial charge in [0, 0.05) is 19.0 Å². The summed E-state index contributed by atoms with van der Waals surface area (Å²) in [6.45, 7) is 9.00. The standard InChI is InChI=1S/C19H27N3O2/c1-14(2)18-20-19(24-21-18)15(3)22-11-9-17(10-12-22)23-13-16-7-5-4-6-8-16/h4-8,14-15,17H,9-13H2,1-3H3/t15-/m0/s1. The normalized spacial score (nSPS) is 18.2. The van der Waals surface area contributed by atoms with Crippen LogP contribution in [0.3, 0.4) is 0 Å². The maximum atomic E-state index is 6.06. The third-order valence-electron chi connectivity index (χ3n) is 4.68. The van der Waals surface area contributed by atoms with Crippen LogP contribution in [-0.2, 0) is 11.3 Å². The Morgan fingerprint density at radius 3 is 2.50 bits per heavy atom. The van der Waals surface area contributed by atoms with E-state index in [1.54, 1.807) is 0 Å². The van der Waals surface area contributed by atoms with Crippen molar-refractivity contribution in [1.29, 1.82) is 0 Å². The van der Waals surface area contributed by atoms with Gasteiger partial charge in [0.2, 0.25) is 5.89 Å². The van der Waals surface area contributed by atoms with E-state index < -0.39 is 0 Å². The molecule has 0 amide bonds. The van der Waals surface area contributed by atoms with Crippen LogP contribution in [0.1, 0.15) is 62.9 Å². The molecule has 1 atom stereocenters. The molecule has 1 aliphatic heterocycles. The van der Waals surface area contributed by atoms with Crippen LogP contribution in [0, 0.1) is 0 Å². The summed E-state index contributed by atoms with van der Waals surface area (Å²) < 4.78 is 11.5. The van der Waals surface area contributed by atoms with Gasteiger partial charge in [-0.1, -0.05) is 49.3 Å². The van der Waals surface area contributed by atoms with Crippen LogP contribution in [-0.4, -0.2) is 34.2 Å². The number of nitrogens with zero attached hydrogens (tertiary/aromatic N) is 3. The van der Waals surface area contributed by atoms with E-state index in [2.05, 4.69) is 60.1 Å². The first-order valence-electron chi connectivity index (χ1n) is 8.86. The number of aromatic nitrogens is 2. The van der Waals surface area contributed by atoms with Crippen LogP contribution < -0.4 is 0 Å². The number of hydrogen-bond acceptors (Lipinski definition) is 5. The third-order valence-corrected chi connectivity index (χ3v) is 4.68. The second-order valence-corrected chi connectivity index (χ2v) is 6.85. The van der Waals surface area contributed by atoms with Crippen LogP contribution in [0.5, 0.6) is 0 Å². The molecule has 1 fully saturated rings. The smallest absolute Gasteiger partial charge is 0.243 e. The number of ether oxygens (including phenoxy) is 1. The zero-order valence-corrected chi connectivity index (χ0v) is 14.8. The second kappa shape index (κ2) is 7.90. The van der Waals surface area contributed by atoms with Gasteiger partial charge in [0.25, 0.3) is 0 Å². The Bertz CT molecular complexity index is 619. The van der Waals surface area contributed by atoms with E-state index in [0.717, 1.165) is 37.6 Å². The van der Waals surface area contributed by atoms with Gasteiger partial charge in [-0.2, -0.15) is 4.98 Å². The van der Waals surface area contributed by atoms with E-state index in [0.29, 0.717) is 18.6 Å². The van der Waals surface area contributed by atoms with E-state index in [1.807, 2.05) is 6.07 Å². The van der Waals surface area contributed by atoms with Crippen LogP contribution in [0.25, 0.3) is 0 Å². The minimum absolute atomic E-state index is 0.167. The molecule has 0 saturated carbocycles. The Balaban J connectivity index is 1.47. The maximum Gasteiger partial charge on any atom is 0.243 e. The van der Waals surface area contributed by atoms with Crippen LogP contribution in [0.4, 0.5) is 0 Å². The SMILES string of the molecule is CC(C)c1noc([C@H](C)N2CCC(OCc3ccccc3)CC2)n1. The van der Waals surface area contributed by atoms with Gasteiger partial charge >= 0.3 is 0 Å². The molecule has 0 aliphatic carbocycles. The Morgan fingerprint density at radius 1 is 1.17 bits per heavy atom. The molecule has 0 spiro atoms. The lowest BCUT2D eigenvalue weighted by Crippen LogP contribution is -2.38. The van der Waals surface area contributed by atoms with Crippen LogP contribution in [0.2, 0.25) is 0 Å². The molecule has 1 aromatic carbocycles. The van der Waals surface area contributed by atoms with E-state index >= 15 is 0 Å². The average molecular weight is 329 g/mol. The lowest BCUT2D eigenvalue weighted by atomic mass is 10.1. The molecule has 5 nitrogen and oxygen atoms in total. The molecule has 5 heteroatoms. The van der Waals surface area contributed by atoms with E-state index in [9.17, 15) is 0 Å². The highest BCUT2D eigenvalue weighted by Crippen LogP contribution is 2.25. The van der Waals surface area contributed by atoms with E-state index in [1.165, 1.54) is 5.56 Å². The molecule has 2 heterocycles. The van der Waals surface area contributed by atoms with Gasteiger partial charge in [-0.3, -0.25) is 4.90 Å². The summed E-state index contributed by atoms with van der Waals surface area (Å²) in [5, 5.41) is 4.07. The lowest BCUT2D eigenvalue weighted by molar-refractivity contribution is -0.0124. The molecule has 130 valence electrons. The van der Waals surface area contributed by atoms with Gasteiger partial charge in [0.15, 0.2) is 5.82 Å². The number of hydrogen-bond donors (Lipinski definition) is 0. The molecule has 0 unspecified atom stereocenters. The summed E-state index contributed by atoms with van der Waals surface area (Å²) in [6.07, 6.45) is 2.42. The molecular formula is C19H27N3O2. The predicted molar refractivity (Wildman–Crippen MR) is 92.6 cm³/mol. The summed E-state index contributed by atoms with van der Waals surface area (Å²) in [4.78, 5) is 6.93.